The molecular formula is C17H21FN2. The van der Waals surface area contributed by atoms with Gasteiger partial charge < -0.3 is 5.32 Å². The lowest BCUT2D eigenvalue weighted by atomic mass is 10.0. The van der Waals surface area contributed by atoms with E-state index in [0.717, 1.165) is 37.1 Å². The first-order valence-corrected chi connectivity index (χ1v) is 7.15. The lowest BCUT2D eigenvalue weighted by molar-refractivity contribution is 0.487. The van der Waals surface area contributed by atoms with Crippen molar-refractivity contribution in [1.29, 1.82) is 0 Å². The van der Waals surface area contributed by atoms with Gasteiger partial charge in [-0.15, -0.1) is 0 Å². The van der Waals surface area contributed by atoms with Gasteiger partial charge in [-0.2, -0.15) is 0 Å². The molecule has 0 aliphatic carbocycles. The summed E-state index contributed by atoms with van der Waals surface area (Å²) < 4.78 is 13.2. The molecule has 0 spiro atoms. The molecule has 2 nitrogen and oxygen atoms in total. The zero-order valence-electron chi connectivity index (χ0n) is 11.8. The Balaban J connectivity index is 1.93. The molecule has 0 aliphatic rings. The van der Waals surface area contributed by atoms with Crippen LogP contribution in [-0.4, -0.2) is 17.6 Å². The standard InChI is InChI=1S/C17H21FN2/c1-2-19-17(10-9-16-8-3-4-11-20-16)13-14-6-5-7-15(18)12-14/h3-8,11-12,17,19H,2,9-10,13H2,1H3. The minimum Gasteiger partial charge on any atom is -0.314 e. The van der Waals surface area contributed by atoms with Gasteiger partial charge in [-0.3, -0.25) is 4.98 Å². The summed E-state index contributed by atoms with van der Waals surface area (Å²) >= 11 is 0. The Kier molecular flexibility index (Phi) is 5.69. The quantitative estimate of drug-likeness (QED) is 0.836. The first-order valence-electron chi connectivity index (χ1n) is 7.15. The third kappa shape index (κ3) is 4.74. The van der Waals surface area contributed by atoms with Crippen molar-refractivity contribution in [2.75, 3.05) is 6.54 Å². The Morgan fingerprint density at radius 1 is 1.20 bits per heavy atom. The van der Waals surface area contributed by atoms with Crippen LogP contribution in [0.15, 0.2) is 48.7 Å². The van der Waals surface area contributed by atoms with E-state index in [1.54, 1.807) is 12.1 Å². The van der Waals surface area contributed by atoms with Crippen LogP contribution < -0.4 is 5.32 Å². The van der Waals surface area contributed by atoms with Crippen LogP contribution in [0.1, 0.15) is 24.6 Å². The molecule has 20 heavy (non-hydrogen) atoms. The summed E-state index contributed by atoms with van der Waals surface area (Å²) in [5.74, 6) is -0.164. The second kappa shape index (κ2) is 7.75. The van der Waals surface area contributed by atoms with E-state index in [-0.39, 0.29) is 5.82 Å². The number of nitrogens with zero attached hydrogens (tertiary/aromatic N) is 1. The SMILES string of the molecule is CCNC(CCc1ccccn1)Cc1cccc(F)c1. The smallest absolute Gasteiger partial charge is 0.123 e. The maximum atomic E-state index is 13.2. The van der Waals surface area contributed by atoms with Crippen LogP contribution >= 0.6 is 0 Å². The van der Waals surface area contributed by atoms with Gasteiger partial charge >= 0.3 is 0 Å². The second-order valence-electron chi connectivity index (χ2n) is 4.95. The third-order valence-corrected chi connectivity index (χ3v) is 3.34. The molecule has 1 heterocycles. The van der Waals surface area contributed by atoms with E-state index in [0.29, 0.717) is 6.04 Å². The number of aromatic nitrogens is 1. The van der Waals surface area contributed by atoms with Crippen molar-refractivity contribution in [3.05, 3.63) is 65.7 Å². The Hall–Kier alpha value is -1.74. The molecule has 2 aromatic rings. The fraction of sp³-hybridized carbons (Fsp3) is 0.353. The van der Waals surface area contributed by atoms with Gasteiger partial charge in [0.15, 0.2) is 0 Å². The Bertz CT molecular complexity index is 513. The molecule has 0 aliphatic heterocycles. The molecule has 1 aromatic heterocycles. The molecule has 0 amide bonds. The van der Waals surface area contributed by atoms with Crippen LogP contribution in [-0.2, 0) is 12.8 Å². The van der Waals surface area contributed by atoms with E-state index >= 15 is 0 Å². The van der Waals surface area contributed by atoms with Crippen molar-refractivity contribution in [2.45, 2.75) is 32.2 Å². The van der Waals surface area contributed by atoms with Crippen LogP contribution in [0.3, 0.4) is 0 Å². The van der Waals surface area contributed by atoms with Crippen molar-refractivity contribution in [1.82, 2.24) is 10.3 Å². The fourth-order valence-electron chi connectivity index (χ4n) is 2.38. The van der Waals surface area contributed by atoms with Crippen molar-refractivity contribution in [3.63, 3.8) is 0 Å². The molecular weight excluding hydrogens is 251 g/mol. The number of hydrogen-bond acceptors (Lipinski definition) is 2. The van der Waals surface area contributed by atoms with Gasteiger partial charge in [-0.25, -0.2) is 4.39 Å². The number of pyridine rings is 1. The zero-order valence-corrected chi connectivity index (χ0v) is 11.8. The van der Waals surface area contributed by atoms with Crippen LogP contribution in [0.5, 0.6) is 0 Å². The predicted octanol–water partition coefficient (Wildman–Crippen LogP) is 3.37. The van der Waals surface area contributed by atoms with Gasteiger partial charge in [0.25, 0.3) is 0 Å². The molecule has 1 unspecified atom stereocenters. The molecule has 2 rings (SSSR count). The first-order chi connectivity index (χ1) is 9.78. The van der Waals surface area contributed by atoms with E-state index < -0.39 is 0 Å². The van der Waals surface area contributed by atoms with Gasteiger partial charge in [0.05, 0.1) is 0 Å². The summed E-state index contributed by atoms with van der Waals surface area (Å²) in [5, 5.41) is 3.47. The lowest BCUT2D eigenvalue weighted by Crippen LogP contribution is -2.31. The van der Waals surface area contributed by atoms with Crippen LogP contribution in [0.4, 0.5) is 4.39 Å². The highest BCUT2D eigenvalue weighted by molar-refractivity contribution is 5.17. The minimum atomic E-state index is -0.164. The van der Waals surface area contributed by atoms with Gasteiger partial charge in [-0.1, -0.05) is 25.1 Å². The van der Waals surface area contributed by atoms with Gasteiger partial charge in [0.1, 0.15) is 5.82 Å². The van der Waals surface area contributed by atoms with Crippen LogP contribution in [0.2, 0.25) is 0 Å². The Labute approximate surface area is 120 Å². The van der Waals surface area contributed by atoms with Gasteiger partial charge in [0.2, 0.25) is 0 Å². The Morgan fingerprint density at radius 3 is 2.80 bits per heavy atom. The number of aryl methyl sites for hydroxylation is 1. The third-order valence-electron chi connectivity index (χ3n) is 3.34. The van der Waals surface area contributed by atoms with Crippen molar-refractivity contribution in [2.24, 2.45) is 0 Å². The minimum absolute atomic E-state index is 0.164. The summed E-state index contributed by atoms with van der Waals surface area (Å²) in [4.78, 5) is 4.34. The molecule has 1 aromatic carbocycles. The van der Waals surface area contributed by atoms with Gasteiger partial charge in [-0.05, 0) is 55.6 Å². The summed E-state index contributed by atoms with van der Waals surface area (Å²) in [5.41, 5.74) is 2.15. The largest absolute Gasteiger partial charge is 0.314 e. The number of nitrogens with one attached hydrogen (secondary N) is 1. The van der Waals surface area contributed by atoms with E-state index in [9.17, 15) is 4.39 Å². The normalized spacial score (nSPS) is 12.3. The maximum Gasteiger partial charge on any atom is 0.123 e. The number of hydrogen-bond donors (Lipinski definition) is 1. The second-order valence-corrected chi connectivity index (χ2v) is 4.95. The summed E-state index contributed by atoms with van der Waals surface area (Å²) in [7, 11) is 0. The van der Waals surface area contributed by atoms with Crippen LogP contribution in [0, 0.1) is 5.82 Å². The number of benzene rings is 1. The van der Waals surface area contributed by atoms with Gasteiger partial charge in [0, 0.05) is 17.9 Å². The molecule has 0 saturated heterocycles. The van der Waals surface area contributed by atoms with E-state index in [4.69, 9.17) is 0 Å². The first kappa shape index (κ1) is 14.7. The monoisotopic (exact) mass is 272 g/mol. The summed E-state index contributed by atoms with van der Waals surface area (Å²) in [6.07, 6.45) is 4.61. The van der Waals surface area contributed by atoms with Crippen molar-refractivity contribution < 1.29 is 4.39 Å². The number of rotatable bonds is 7. The highest BCUT2D eigenvalue weighted by atomic mass is 19.1. The predicted molar refractivity (Wildman–Crippen MR) is 80.1 cm³/mol. The zero-order chi connectivity index (χ0) is 14.2. The molecule has 0 bridgehead atoms. The highest BCUT2D eigenvalue weighted by Crippen LogP contribution is 2.10. The average molecular weight is 272 g/mol. The molecule has 106 valence electrons. The van der Waals surface area contributed by atoms with Crippen molar-refractivity contribution in [3.8, 4) is 0 Å². The van der Waals surface area contributed by atoms with Crippen LogP contribution in [0.25, 0.3) is 0 Å². The fourth-order valence-corrected chi connectivity index (χ4v) is 2.38. The molecule has 0 radical (unpaired) electrons. The lowest BCUT2D eigenvalue weighted by Gasteiger charge is -2.18. The average Bonchev–Trinajstić information content (AvgIpc) is 2.46. The molecule has 0 fully saturated rings. The van der Waals surface area contributed by atoms with E-state index in [1.807, 2.05) is 30.5 Å². The molecule has 1 atom stereocenters. The maximum absolute atomic E-state index is 13.2. The number of halogens is 1. The molecule has 3 heteroatoms. The molecule has 0 saturated carbocycles. The highest BCUT2D eigenvalue weighted by Gasteiger charge is 2.09. The number of likely N-dealkylation sites (N-methyl/N-ethyl adjacent to an activating group) is 1. The Morgan fingerprint density at radius 2 is 2.10 bits per heavy atom. The molecule has 1 N–H and O–H groups in total. The topological polar surface area (TPSA) is 24.9 Å². The van der Waals surface area contributed by atoms with E-state index in [2.05, 4.69) is 17.2 Å². The van der Waals surface area contributed by atoms with E-state index in [1.165, 1.54) is 6.07 Å². The van der Waals surface area contributed by atoms with Crippen molar-refractivity contribution >= 4 is 0 Å². The summed E-state index contributed by atoms with van der Waals surface area (Å²) in [6, 6.07) is 13.2. The summed E-state index contributed by atoms with van der Waals surface area (Å²) in [6.45, 7) is 3.02.